The van der Waals surface area contributed by atoms with Crippen LogP contribution in [0.2, 0.25) is 0 Å². The average molecular weight is 504 g/mol. The Hall–Kier alpha value is -3.40. The van der Waals surface area contributed by atoms with E-state index in [1.165, 1.54) is 30.5 Å². The number of nitrogens with one attached hydrogen (secondary N) is 1. The zero-order valence-electron chi connectivity index (χ0n) is 17.8. The molecule has 0 unspecified atom stereocenters. The molecule has 1 aromatic heterocycles. The summed E-state index contributed by atoms with van der Waals surface area (Å²) < 4.78 is 17.8. The number of halogens is 1. The van der Waals surface area contributed by atoms with Crippen LogP contribution in [-0.2, 0) is 0 Å². The summed E-state index contributed by atoms with van der Waals surface area (Å²) in [5.74, 6) is 0.593. The molecule has 0 spiro atoms. The SMILES string of the molecule is CCOc1cc(/C=N/NC(=O)c2cc3cc([N+](=O)[O-])ccc3o2)c(Br)cc1O[C@@H](C)CC. The van der Waals surface area contributed by atoms with Crippen molar-refractivity contribution in [1.82, 2.24) is 5.43 Å². The summed E-state index contributed by atoms with van der Waals surface area (Å²) in [6.07, 6.45) is 2.35. The van der Waals surface area contributed by atoms with Crippen molar-refractivity contribution in [3.63, 3.8) is 0 Å². The second-order valence-electron chi connectivity index (χ2n) is 6.88. The first-order chi connectivity index (χ1) is 15.3. The molecule has 168 valence electrons. The topological polar surface area (TPSA) is 116 Å². The van der Waals surface area contributed by atoms with Crippen LogP contribution < -0.4 is 14.9 Å². The van der Waals surface area contributed by atoms with Gasteiger partial charge in [-0.1, -0.05) is 6.92 Å². The largest absolute Gasteiger partial charge is 0.490 e. The molecule has 1 N–H and O–H groups in total. The molecule has 0 saturated heterocycles. The van der Waals surface area contributed by atoms with Gasteiger partial charge in [-0.25, -0.2) is 5.43 Å². The molecule has 1 atom stereocenters. The van der Waals surface area contributed by atoms with Crippen LogP contribution in [0, 0.1) is 10.1 Å². The number of carbonyl (C=O) groups excluding carboxylic acids is 1. The standard InChI is InChI=1S/C22H22BrN3O6/c1-4-13(3)31-20-11-17(23)15(10-19(20)30-5-2)12-24-25-22(27)21-9-14-8-16(26(28)29)6-7-18(14)32-21/h6-13H,4-5H2,1-3H3,(H,25,27)/b24-12+/t13-/m0/s1. The van der Waals surface area contributed by atoms with Crippen LogP contribution in [0.3, 0.4) is 0 Å². The number of carbonyl (C=O) groups is 1. The first kappa shape index (κ1) is 23.3. The summed E-state index contributed by atoms with van der Waals surface area (Å²) in [5.41, 5.74) is 3.34. The maximum Gasteiger partial charge on any atom is 0.307 e. The minimum Gasteiger partial charge on any atom is -0.490 e. The van der Waals surface area contributed by atoms with E-state index in [4.69, 9.17) is 13.9 Å². The minimum atomic E-state index is -0.585. The Labute approximate surface area is 192 Å². The number of fused-ring (bicyclic) bond motifs is 1. The Morgan fingerprint density at radius 3 is 2.75 bits per heavy atom. The maximum atomic E-state index is 12.4. The molecular formula is C22H22BrN3O6. The van der Waals surface area contributed by atoms with Crippen LogP contribution in [0.1, 0.15) is 43.3 Å². The summed E-state index contributed by atoms with van der Waals surface area (Å²) in [6, 6.07) is 9.09. The van der Waals surface area contributed by atoms with Crippen molar-refractivity contribution in [2.24, 2.45) is 5.10 Å². The Morgan fingerprint density at radius 2 is 2.06 bits per heavy atom. The smallest absolute Gasteiger partial charge is 0.307 e. The molecule has 0 radical (unpaired) electrons. The zero-order chi connectivity index (χ0) is 23.3. The van der Waals surface area contributed by atoms with Gasteiger partial charge in [0.15, 0.2) is 17.3 Å². The number of rotatable bonds is 9. The highest BCUT2D eigenvalue weighted by molar-refractivity contribution is 9.10. The molecular weight excluding hydrogens is 482 g/mol. The molecule has 0 bridgehead atoms. The van der Waals surface area contributed by atoms with Crippen LogP contribution in [0.5, 0.6) is 11.5 Å². The molecule has 32 heavy (non-hydrogen) atoms. The Bertz CT molecular complexity index is 1170. The van der Waals surface area contributed by atoms with Gasteiger partial charge in [0, 0.05) is 27.6 Å². The third kappa shape index (κ3) is 5.44. The van der Waals surface area contributed by atoms with Gasteiger partial charge in [-0.3, -0.25) is 14.9 Å². The second-order valence-corrected chi connectivity index (χ2v) is 7.73. The van der Waals surface area contributed by atoms with Crippen molar-refractivity contribution in [3.8, 4) is 11.5 Å². The van der Waals surface area contributed by atoms with Gasteiger partial charge in [0.25, 0.3) is 5.69 Å². The number of nitro benzene ring substituents is 1. The van der Waals surface area contributed by atoms with Crippen LogP contribution in [0.15, 0.2) is 50.4 Å². The number of hydrazone groups is 1. The summed E-state index contributed by atoms with van der Waals surface area (Å²) in [6.45, 7) is 6.36. The van der Waals surface area contributed by atoms with Gasteiger partial charge in [0.05, 0.1) is 23.8 Å². The first-order valence-electron chi connectivity index (χ1n) is 9.96. The van der Waals surface area contributed by atoms with Gasteiger partial charge in [0.2, 0.25) is 0 Å². The lowest BCUT2D eigenvalue weighted by Gasteiger charge is -2.17. The fraction of sp³-hybridized carbons (Fsp3) is 0.273. The van der Waals surface area contributed by atoms with E-state index in [-0.39, 0.29) is 17.6 Å². The molecule has 9 nitrogen and oxygen atoms in total. The van der Waals surface area contributed by atoms with Crippen molar-refractivity contribution in [2.75, 3.05) is 6.61 Å². The van der Waals surface area contributed by atoms with E-state index in [1.54, 1.807) is 12.1 Å². The minimum absolute atomic E-state index is 0.0102. The second kappa shape index (κ2) is 10.3. The highest BCUT2D eigenvalue weighted by atomic mass is 79.9. The van der Waals surface area contributed by atoms with E-state index < -0.39 is 10.8 Å². The lowest BCUT2D eigenvalue weighted by molar-refractivity contribution is -0.384. The molecule has 0 aliphatic carbocycles. The van der Waals surface area contributed by atoms with E-state index in [0.29, 0.717) is 39.1 Å². The van der Waals surface area contributed by atoms with Crippen molar-refractivity contribution in [1.29, 1.82) is 0 Å². The van der Waals surface area contributed by atoms with Gasteiger partial charge >= 0.3 is 5.91 Å². The summed E-state index contributed by atoms with van der Waals surface area (Å²) in [4.78, 5) is 22.8. The predicted octanol–water partition coefficient (Wildman–Crippen LogP) is 5.44. The summed E-state index contributed by atoms with van der Waals surface area (Å²) in [5, 5.41) is 15.3. The number of amides is 1. The van der Waals surface area contributed by atoms with Crippen LogP contribution in [-0.4, -0.2) is 29.8 Å². The number of nitrogens with zero attached hydrogens (tertiary/aromatic N) is 2. The molecule has 0 saturated carbocycles. The van der Waals surface area contributed by atoms with Crippen molar-refractivity contribution in [3.05, 3.63) is 62.3 Å². The monoisotopic (exact) mass is 503 g/mol. The number of hydrogen-bond donors (Lipinski definition) is 1. The zero-order valence-corrected chi connectivity index (χ0v) is 19.3. The lowest BCUT2D eigenvalue weighted by atomic mass is 10.2. The van der Waals surface area contributed by atoms with E-state index in [2.05, 4.69) is 26.5 Å². The number of non-ortho nitro benzene ring substituents is 1. The number of hydrogen-bond acceptors (Lipinski definition) is 7. The van der Waals surface area contributed by atoms with Crippen molar-refractivity contribution >= 4 is 44.7 Å². The van der Waals surface area contributed by atoms with E-state index >= 15 is 0 Å². The van der Waals surface area contributed by atoms with Gasteiger partial charge in [-0.2, -0.15) is 5.10 Å². The maximum absolute atomic E-state index is 12.4. The quantitative estimate of drug-likeness (QED) is 0.236. The van der Waals surface area contributed by atoms with E-state index in [0.717, 1.165) is 6.42 Å². The van der Waals surface area contributed by atoms with E-state index in [1.807, 2.05) is 20.8 Å². The third-order valence-corrected chi connectivity index (χ3v) is 5.26. The van der Waals surface area contributed by atoms with Gasteiger partial charge < -0.3 is 13.9 Å². The Balaban J connectivity index is 1.76. The summed E-state index contributed by atoms with van der Waals surface area (Å²) in [7, 11) is 0. The number of benzene rings is 2. The molecule has 1 amide bonds. The van der Waals surface area contributed by atoms with Crippen LogP contribution >= 0.6 is 15.9 Å². The molecule has 0 aliphatic rings. The van der Waals surface area contributed by atoms with Gasteiger partial charge in [-0.15, -0.1) is 0 Å². The van der Waals surface area contributed by atoms with Gasteiger partial charge in [0.1, 0.15) is 5.58 Å². The number of furan rings is 1. The molecule has 3 aromatic rings. The predicted molar refractivity (Wildman–Crippen MR) is 124 cm³/mol. The first-order valence-corrected chi connectivity index (χ1v) is 10.8. The number of nitro groups is 1. The molecule has 1 heterocycles. The number of ether oxygens (including phenoxy) is 2. The third-order valence-electron chi connectivity index (χ3n) is 4.57. The highest BCUT2D eigenvalue weighted by Gasteiger charge is 2.15. The van der Waals surface area contributed by atoms with Crippen molar-refractivity contribution < 1.29 is 23.6 Å². The van der Waals surface area contributed by atoms with Crippen molar-refractivity contribution in [2.45, 2.75) is 33.3 Å². The van der Waals surface area contributed by atoms with E-state index in [9.17, 15) is 14.9 Å². The lowest BCUT2D eigenvalue weighted by Crippen LogP contribution is -2.16. The van der Waals surface area contributed by atoms with Crippen LogP contribution in [0.25, 0.3) is 11.0 Å². The Morgan fingerprint density at radius 1 is 1.28 bits per heavy atom. The fourth-order valence-electron chi connectivity index (χ4n) is 2.78. The van der Waals surface area contributed by atoms with Crippen LogP contribution in [0.4, 0.5) is 5.69 Å². The summed E-state index contributed by atoms with van der Waals surface area (Å²) >= 11 is 3.49. The normalized spacial score (nSPS) is 12.1. The Kier molecular flexibility index (Phi) is 7.47. The molecule has 2 aromatic carbocycles. The van der Waals surface area contributed by atoms with Gasteiger partial charge in [-0.05, 0) is 60.5 Å². The fourth-order valence-corrected chi connectivity index (χ4v) is 3.21. The average Bonchev–Trinajstić information content (AvgIpc) is 3.20. The molecule has 0 fully saturated rings. The highest BCUT2D eigenvalue weighted by Crippen LogP contribution is 2.34. The molecule has 10 heteroatoms. The molecule has 0 aliphatic heterocycles. The molecule has 3 rings (SSSR count).